The van der Waals surface area contributed by atoms with Crippen molar-refractivity contribution in [1.82, 2.24) is 9.88 Å². The Balaban J connectivity index is 1.81. The van der Waals surface area contributed by atoms with Crippen LogP contribution in [0.1, 0.15) is 45.8 Å². The third-order valence-corrected chi connectivity index (χ3v) is 6.66. The Bertz CT molecular complexity index is 1380. The number of nitrogens with one attached hydrogen (secondary N) is 2. The number of hydrogen-bond acceptors (Lipinski definition) is 8. The molecule has 0 saturated heterocycles. The van der Waals surface area contributed by atoms with Crippen LogP contribution in [-0.4, -0.2) is 43.1 Å². The number of methoxy groups -OCH3 is 1. The minimum atomic E-state index is -0.581. The molecule has 4 N–H and O–H groups in total. The molecule has 2 aromatic carbocycles. The molecule has 0 radical (unpaired) electrons. The standard InChI is InChI=1S/C28H34N6O3S/c1-17(2)21-10-20(16-33(5)6)11-22(12-21)26(35)31-23-9-8-18(3)24(13-23)34(29)15-19(4)25-14-30-27(38-25)32-28(36)37-7/h8-15H,1,16,29H2,2-7H3,(H,31,35)(H,30,32,36)/b19-15+. The van der Waals surface area contributed by atoms with E-state index in [4.69, 9.17) is 5.84 Å². The first-order valence-corrected chi connectivity index (χ1v) is 12.7. The molecule has 0 spiro atoms. The van der Waals surface area contributed by atoms with Crippen LogP contribution in [0.4, 0.5) is 21.3 Å². The van der Waals surface area contributed by atoms with Crippen LogP contribution in [0.5, 0.6) is 0 Å². The molecular weight excluding hydrogens is 500 g/mol. The molecule has 0 fully saturated rings. The molecule has 0 atom stereocenters. The Kier molecular flexibility index (Phi) is 9.40. The van der Waals surface area contributed by atoms with E-state index in [2.05, 4.69) is 37.9 Å². The van der Waals surface area contributed by atoms with Gasteiger partial charge in [0.25, 0.3) is 5.91 Å². The highest BCUT2D eigenvalue weighted by molar-refractivity contribution is 7.16. The number of benzene rings is 2. The van der Waals surface area contributed by atoms with Crippen molar-refractivity contribution in [2.75, 3.05) is 36.8 Å². The van der Waals surface area contributed by atoms with Crippen LogP contribution in [0.25, 0.3) is 11.1 Å². The fraction of sp³-hybridized carbons (Fsp3) is 0.250. The van der Waals surface area contributed by atoms with Crippen molar-refractivity contribution in [3.05, 3.63) is 82.5 Å². The third-order valence-electron chi connectivity index (χ3n) is 5.61. The number of nitrogens with zero attached hydrogens (tertiary/aromatic N) is 3. The second-order valence-electron chi connectivity index (χ2n) is 9.26. The van der Waals surface area contributed by atoms with Gasteiger partial charge in [-0.05, 0) is 81.4 Å². The summed E-state index contributed by atoms with van der Waals surface area (Å²) in [5.74, 6) is 6.18. The molecule has 38 heavy (non-hydrogen) atoms. The van der Waals surface area contributed by atoms with Crippen molar-refractivity contribution in [1.29, 1.82) is 0 Å². The second kappa shape index (κ2) is 12.5. The van der Waals surface area contributed by atoms with Gasteiger partial charge >= 0.3 is 6.09 Å². The zero-order valence-corrected chi connectivity index (χ0v) is 23.4. The average Bonchev–Trinajstić information content (AvgIpc) is 3.32. The van der Waals surface area contributed by atoms with Crippen LogP contribution in [-0.2, 0) is 11.3 Å². The number of anilines is 3. The van der Waals surface area contributed by atoms with E-state index in [1.165, 1.54) is 23.5 Å². The Morgan fingerprint density at radius 2 is 1.84 bits per heavy atom. The molecule has 0 aliphatic carbocycles. The summed E-state index contributed by atoms with van der Waals surface area (Å²) in [6.45, 7) is 10.5. The van der Waals surface area contributed by atoms with Gasteiger partial charge in [0.2, 0.25) is 0 Å². The van der Waals surface area contributed by atoms with Gasteiger partial charge in [0.1, 0.15) is 0 Å². The Morgan fingerprint density at radius 3 is 2.50 bits per heavy atom. The van der Waals surface area contributed by atoms with Gasteiger partial charge in [-0.3, -0.25) is 15.1 Å². The largest absolute Gasteiger partial charge is 0.453 e. The number of thiazole rings is 1. The van der Waals surface area contributed by atoms with Crippen molar-refractivity contribution in [2.24, 2.45) is 5.84 Å². The van der Waals surface area contributed by atoms with Gasteiger partial charge in [-0.25, -0.2) is 15.6 Å². The molecule has 3 rings (SSSR count). The number of ether oxygens (including phenoxy) is 1. The fourth-order valence-corrected chi connectivity index (χ4v) is 4.46. The average molecular weight is 535 g/mol. The van der Waals surface area contributed by atoms with Gasteiger partial charge in [-0.2, -0.15) is 0 Å². The molecule has 200 valence electrons. The van der Waals surface area contributed by atoms with E-state index in [0.717, 1.165) is 38.4 Å². The normalized spacial score (nSPS) is 11.3. The van der Waals surface area contributed by atoms with Gasteiger partial charge in [-0.1, -0.05) is 35.6 Å². The lowest BCUT2D eigenvalue weighted by molar-refractivity contribution is 0.102. The lowest BCUT2D eigenvalue weighted by atomic mass is 10.0. The molecule has 0 unspecified atom stereocenters. The highest BCUT2D eigenvalue weighted by atomic mass is 32.1. The summed E-state index contributed by atoms with van der Waals surface area (Å²) in [6, 6.07) is 11.4. The number of amides is 2. The van der Waals surface area contributed by atoms with Crippen LogP contribution in [0, 0.1) is 6.92 Å². The molecule has 0 saturated carbocycles. The summed E-state index contributed by atoms with van der Waals surface area (Å²) < 4.78 is 4.60. The second-order valence-corrected chi connectivity index (χ2v) is 10.3. The highest BCUT2D eigenvalue weighted by Crippen LogP contribution is 2.28. The minimum Gasteiger partial charge on any atom is -0.453 e. The molecule has 3 aromatic rings. The molecule has 0 aliphatic heterocycles. The summed E-state index contributed by atoms with van der Waals surface area (Å²) in [4.78, 5) is 31.7. The first-order chi connectivity index (χ1) is 18.0. The van der Waals surface area contributed by atoms with Crippen LogP contribution in [0.2, 0.25) is 0 Å². The molecule has 10 heteroatoms. The zero-order chi connectivity index (χ0) is 28.0. The summed E-state index contributed by atoms with van der Waals surface area (Å²) in [6.07, 6.45) is 2.85. The number of allylic oxidation sites excluding steroid dienone is 2. The number of hydrogen-bond donors (Lipinski definition) is 3. The monoisotopic (exact) mass is 534 g/mol. The third kappa shape index (κ3) is 7.51. The summed E-state index contributed by atoms with van der Waals surface area (Å²) in [7, 11) is 5.27. The molecule has 2 amide bonds. The number of aromatic nitrogens is 1. The zero-order valence-electron chi connectivity index (χ0n) is 22.6. The van der Waals surface area contributed by atoms with Gasteiger partial charge in [0.05, 0.1) is 17.7 Å². The smallest absolute Gasteiger partial charge is 0.413 e. The Labute approximate surface area is 227 Å². The van der Waals surface area contributed by atoms with Crippen LogP contribution in [0.15, 0.2) is 55.4 Å². The van der Waals surface area contributed by atoms with Crippen molar-refractivity contribution >= 4 is 51.0 Å². The summed E-state index contributed by atoms with van der Waals surface area (Å²) in [5, 5.41) is 7.47. The maximum Gasteiger partial charge on any atom is 0.413 e. The van der Waals surface area contributed by atoms with Crippen LogP contribution >= 0.6 is 11.3 Å². The number of hydrazine groups is 1. The lowest BCUT2D eigenvalue weighted by Crippen LogP contribution is -2.25. The maximum atomic E-state index is 13.2. The van der Waals surface area contributed by atoms with Crippen LogP contribution < -0.4 is 21.5 Å². The van der Waals surface area contributed by atoms with E-state index in [9.17, 15) is 9.59 Å². The number of nitrogens with two attached hydrogens (primary N) is 1. The van der Waals surface area contributed by atoms with Gasteiger partial charge < -0.3 is 15.0 Å². The van der Waals surface area contributed by atoms with E-state index in [-0.39, 0.29) is 5.91 Å². The predicted molar refractivity (Wildman–Crippen MR) is 156 cm³/mol. The van der Waals surface area contributed by atoms with Crippen molar-refractivity contribution in [3.63, 3.8) is 0 Å². The van der Waals surface area contributed by atoms with Crippen molar-refractivity contribution in [2.45, 2.75) is 27.3 Å². The maximum absolute atomic E-state index is 13.2. The van der Waals surface area contributed by atoms with E-state index in [0.29, 0.717) is 22.9 Å². The topological polar surface area (TPSA) is 113 Å². The van der Waals surface area contributed by atoms with Gasteiger partial charge in [0, 0.05) is 30.2 Å². The SMILES string of the molecule is C=C(C)c1cc(CN(C)C)cc(C(=O)Nc2ccc(C)c(N(N)/C=C(\C)c3cnc(NC(=O)OC)s3)c2)c1. The molecule has 9 nitrogen and oxygen atoms in total. The number of rotatable bonds is 9. The Hall–Kier alpha value is -3.99. The molecule has 1 aromatic heterocycles. The summed E-state index contributed by atoms with van der Waals surface area (Å²) in [5.41, 5.74) is 6.55. The minimum absolute atomic E-state index is 0.214. The van der Waals surface area contributed by atoms with E-state index >= 15 is 0 Å². The fourth-order valence-electron chi connectivity index (χ4n) is 3.69. The van der Waals surface area contributed by atoms with E-state index in [1.54, 1.807) is 12.4 Å². The van der Waals surface area contributed by atoms with Crippen molar-refractivity contribution < 1.29 is 14.3 Å². The first kappa shape index (κ1) is 28.6. The lowest BCUT2D eigenvalue weighted by Gasteiger charge is -2.19. The van der Waals surface area contributed by atoms with Gasteiger partial charge in [0.15, 0.2) is 5.13 Å². The van der Waals surface area contributed by atoms with Crippen LogP contribution in [0.3, 0.4) is 0 Å². The quantitative estimate of drug-likeness (QED) is 0.238. The molecule has 0 bridgehead atoms. The number of aryl methyl sites for hydroxylation is 1. The van der Waals surface area contributed by atoms with Gasteiger partial charge in [-0.15, -0.1) is 0 Å². The highest BCUT2D eigenvalue weighted by Gasteiger charge is 2.13. The number of carbonyl (C=O) groups is 2. The number of carbonyl (C=O) groups excluding carboxylic acids is 2. The molecule has 0 aliphatic rings. The van der Waals surface area contributed by atoms with E-state index in [1.807, 2.05) is 65.2 Å². The predicted octanol–water partition coefficient (Wildman–Crippen LogP) is 5.72. The molecule has 1 heterocycles. The van der Waals surface area contributed by atoms with E-state index < -0.39 is 6.09 Å². The molecular formula is C28H34N6O3S. The summed E-state index contributed by atoms with van der Waals surface area (Å²) >= 11 is 1.30. The Morgan fingerprint density at radius 1 is 1.13 bits per heavy atom. The van der Waals surface area contributed by atoms with Crippen molar-refractivity contribution in [3.8, 4) is 0 Å². The first-order valence-electron chi connectivity index (χ1n) is 11.9.